The fourth-order valence-electron chi connectivity index (χ4n) is 3.92. The number of aromatic nitrogens is 1. The number of benzene rings is 2. The molecule has 0 radical (unpaired) electrons. The van der Waals surface area contributed by atoms with Crippen LogP contribution in [-0.2, 0) is 16.1 Å². The molecule has 1 aromatic heterocycles. The van der Waals surface area contributed by atoms with E-state index < -0.39 is 5.92 Å². The SMILES string of the molecule is CCCn1cc([C@H]2CC(=O)N(c3ccccc3C)C2=O)c2ccccc21. The summed E-state index contributed by atoms with van der Waals surface area (Å²) < 4.78 is 2.19. The van der Waals surface area contributed by atoms with Crippen LogP contribution in [0.1, 0.15) is 36.8 Å². The van der Waals surface area contributed by atoms with Crippen LogP contribution in [0.5, 0.6) is 0 Å². The lowest BCUT2D eigenvalue weighted by Gasteiger charge is -2.17. The van der Waals surface area contributed by atoms with Gasteiger partial charge in [-0.25, -0.2) is 4.90 Å². The van der Waals surface area contributed by atoms with Crippen molar-refractivity contribution in [2.24, 2.45) is 0 Å². The third kappa shape index (κ3) is 2.53. The Morgan fingerprint density at radius 1 is 1.04 bits per heavy atom. The highest BCUT2D eigenvalue weighted by atomic mass is 16.2. The second kappa shape index (κ2) is 6.45. The van der Waals surface area contributed by atoms with Gasteiger partial charge >= 0.3 is 0 Å². The van der Waals surface area contributed by atoms with Crippen molar-refractivity contribution in [3.8, 4) is 0 Å². The van der Waals surface area contributed by atoms with Crippen molar-refractivity contribution in [2.45, 2.75) is 39.2 Å². The first kappa shape index (κ1) is 16.6. The molecule has 2 aromatic carbocycles. The zero-order chi connectivity index (χ0) is 18.3. The summed E-state index contributed by atoms with van der Waals surface area (Å²) in [7, 11) is 0. The van der Waals surface area contributed by atoms with Gasteiger partial charge in [-0.3, -0.25) is 9.59 Å². The molecule has 26 heavy (non-hydrogen) atoms. The number of imide groups is 1. The molecule has 3 aromatic rings. The highest BCUT2D eigenvalue weighted by molar-refractivity contribution is 6.23. The number of amides is 2. The van der Waals surface area contributed by atoms with Crippen LogP contribution in [0.25, 0.3) is 10.9 Å². The Morgan fingerprint density at radius 2 is 1.77 bits per heavy atom. The summed E-state index contributed by atoms with van der Waals surface area (Å²) in [6.45, 7) is 4.96. The molecular formula is C22H22N2O2. The molecule has 2 heterocycles. The van der Waals surface area contributed by atoms with Crippen molar-refractivity contribution in [2.75, 3.05) is 4.90 Å². The van der Waals surface area contributed by atoms with Crippen LogP contribution in [0.2, 0.25) is 0 Å². The Labute approximate surface area is 153 Å². The van der Waals surface area contributed by atoms with Crippen molar-refractivity contribution >= 4 is 28.4 Å². The van der Waals surface area contributed by atoms with Gasteiger partial charge < -0.3 is 4.57 Å². The molecule has 0 bridgehead atoms. The number of hydrogen-bond donors (Lipinski definition) is 0. The smallest absolute Gasteiger partial charge is 0.241 e. The summed E-state index contributed by atoms with van der Waals surface area (Å²) in [4.78, 5) is 27.2. The quantitative estimate of drug-likeness (QED) is 0.657. The molecule has 2 amide bonds. The molecule has 0 spiro atoms. The molecule has 132 valence electrons. The largest absolute Gasteiger partial charge is 0.347 e. The van der Waals surface area contributed by atoms with Crippen molar-refractivity contribution in [1.82, 2.24) is 4.57 Å². The first-order valence-electron chi connectivity index (χ1n) is 9.12. The average molecular weight is 346 g/mol. The summed E-state index contributed by atoms with van der Waals surface area (Å²) >= 11 is 0. The van der Waals surface area contributed by atoms with E-state index in [-0.39, 0.29) is 18.2 Å². The van der Waals surface area contributed by atoms with E-state index >= 15 is 0 Å². The predicted molar refractivity (Wildman–Crippen MR) is 103 cm³/mol. The van der Waals surface area contributed by atoms with Crippen molar-refractivity contribution in [3.63, 3.8) is 0 Å². The van der Waals surface area contributed by atoms with Gasteiger partial charge in [0.1, 0.15) is 0 Å². The van der Waals surface area contributed by atoms with Crippen LogP contribution in [0, 0.1) is 6.92 Å². The number of anilines is 1. The molecule has 0 aliphatic carbocycles. The Bertz CT molecular complexity index is 1000. The van der Waals surface area contributed by atoms with Crippen LogP contribution in [0.3, 0.4) is 0 Å². The van der Waals surface area contributed by atoms with E-state index in [9.17, 15) is 9.59 Å². The number of hydrogen-bond acceptors (Lipinski definition) is 2. The molecule has 0 saturated carbocycles. The van der Waals surface area contributed by atoms with Crippen molar-refractivity contribution in [3.05, 3.63) is 65.9 Å². The Balaban J connectivity index is 1.78. The van der Waals surface area contributed by atoms with Gasteiger partial charge in [0.05, 0.1) is 11.6 Å². The molecule has 1 fully saturated rings. The molecule has 1 saturated heterocycles. The highest BCUT2D eigenvalue weighted by Gasteiger charge is 2.41. The van der Waals surface area contributed by atoms with Gasteiger partial charge in [-0.05, 0) is 36.6 Å². The second-order valence-corrected chi connectivity index (χ2v) is 6.91. The third-order valence-corrected chi connectivity index (χ3v) is 5.16. The van der Waals surface area contributed by atoms with Gasteiger partial charge in [0, 0.05) is 30.1 Å². The normalized spacial score (nSPS) is 17.5. The fourth-order valence-corrected chi connectivity index (χ4v) is 3.92. The van der Waals surface area contributed by atoms with E-state index in [1.165, 1.54) is 4.90 Å². The first-order chi connectivity index (χ1) is 12.6. The first-order valence-corrected chi connectivity index (χ1v) is 9.12. The zero-order valence-corrected chi connectivity index (χ0v) is 15.1. The monoisotopic (exact) mass is 346 g/mol. The van der Waals surface area contributed by atoms with E-state index in [0.29, 0.717) is 5.69 Å². The van der Waals surface area contributed by atoms with Crippen molar-refractivity contribution < 1.29 is 9.59 Å². The van der Waals surface area contributed by atoms with Gasteiger partial charge in [0.2, 0.25) is 11.8 Å². The van der Waals surface area contributed by atoms with Gasteiger partial charge in [-0.1, -0.05) is 43.3 Å². The summed E-state index contributed by atoms with van der Waals surface area (Å²) in [5.74, 6) is -0.657. The predicted octanol–water partition coefficient (Wildman–Crippen LogP) is 4.41. The number of carbonyl (C=O) groups is 2. The van der Waals surface area contributed by atoms with Gasteiger partial charge in [-0.15, -0.1) is 0 Å². The molecule has 1 atom stereocenters. The van der Waals surface area contributed by atoms with Crippen molar-refractivity contribution in [1.29, 1.82) is 0 Å². The van der Waals surface area contributed by atoms with Crippen LogP contribution >= 0.6 is 0 Å². The lowest BCUT2D eigenvalue weighted by atomic mass is 9.97. The Hall–Kier alpha value is -2.88. The molecule has 4 rings (SSSR count). The minimum absolute atomic E-state index is 0.122. The highest BCUT2D eigenvalue weighted by Crippen LogP contribution is 2.38. The number of nitrogens with zero attached hydrogens (tertiary/aromatic N) is 2. The van der Waals surface area contributed by atoms with Gasteiger partial charge in [-0.2, -0.15) is 0 Å². The second-order valence-electron chi connectivity index (χ2n) is 6.91. The standard InChI is InChI=1S/C22H22N2O2/c1-3-12-23-14-18(16-9-5-7-11-20(16)23)17-13-21(25)24(22(17)26)19-10-6-4-8-15(19)2/h4-11,14,17H,3,12-13H2,1-2H3/t17-/m1/s1. The lowest BCUT2D eigenvalue weighted by Crippen LogP contribution is -2.30. The third-order valence-electron chi connectivity index (χ3n) is 5.16. The molecule has 0 unspecified atom stereocenters. The topological polar surface area (TPSA) is 42.3 Å². The van der Waals surface area contributed by atoms with Crippen LogP contribution in [0.15, 0.2) is 54.7 Å². The lowest BCUT2D eigenvalue weighted by molar-refractivity contribution is -0.121. The maximum Gasteiger partial charge on any atom is 0.241 e. The van der Waals surface area contributed by atoms with E-state index in [1.54, 1.807) is 0 Å². The number of para-hydroxylation sites is 2. The van der Waals surface area contributed by atoms with Gasteiger partial charge in [0.25, 0.3) is 0 Å². The van der Waals surface area contributed by atoms with Crippen LogP contribution < -0.4 is 4.90 Å². The zero-order valence-electron chi connectivity index (χ0n) is 15.1. The molecule has 4 heteroatoms. The Morgan fingerprint density at radius 3 is 2.54 bits per heavy atom. The summed E-state index contributed by atoms with van der Waals surface area (Å²) in [5.41, 5.74) is 3.72. The summed E-state index contributed by atoms with van der Waals surface area (Å²) in [6, 6.07) is 15.7. The van der Waals surface area contributed by atoms with Crippen LogP contribution in [0.4, 0.5) is 5.69 Å². The fraction of sp³-hybridized carbons (Fsp3) is 0.273. The van der Waals surface area contributed by atoms with E-state index in [1.807, 2.05) is 49.4 Å². The number of fused-ring (bicyclic) bond motifs is 1. The number of rotatable bonds is 4. The summed E-state index contributed by atoms with van der Waals surface area (Å²) in [5, 5.41) is 1.07. The number of carbonyl (C=O) groups excluding carboxylic acids is 2. The minimum Gasteiger partial charge on any atom is -0.347 e. The molecule has 1 aliphatic rings. The summed E-state index contributed by atoms with van der Waals surface area (Å²) in [6.07, 6.45) is 3.31. The van der Waals surface area contributed by atoms with Gasteiger partial charge in [0.15, 0.2) is 0 Å². The molecule has 4 nitrogen and oxygen atoms in total. The maximum absolute atomic E-state index is 13.2. The molecule has 1 aliphatic heterocycles. The molecular weight excluding hydrogens is 324 g/mol. The van der Waals surface area contributed by atoms with Crippen LogP contribution in [-0.4, -0.2) is 16.4 Å². The number of aryl methyl sites for hydroxylation is 2. The minimum atomic E-state index is -0.412. The maximum atomic E-state index is 13.2. The van der Waals surface area contributed by atoms with E-state index in [2.05, 4.69) is 23.8 Å². The molecule has 0 N–H and O–H groups in total. The Kier molecular flexibility index (Phi) is 4.11. The average Bonchev–Trinajstić information content (AvgIpc) is 3.14. The van der Waals surface area contributed by atoms with E-state index in [0.717, 1.165) is 35.0 Å². The van der Waals surface area contributed by atoms with E-state index in [4.69, 9.17) is 0 Å².